The van der Waals surface area contributed by atoms with E-state index in [2.05, 4.69) is 21.0 Å². The van der Waals surface area contributed by atoms with Crippen molar-refractivity contribution in [2.45, 2.75) is 57.6 Å². The number of piperidine rings is 1. The molecule has 230 valence electrons. The summed E-state index contributed by atoms with van der Waals surface area (Å²) in [6.07, 6.45) is -10.1. The van der Waals surface area contributed by atoms with Gasteiger partial charge in [-0.1, -0.05) is 0 Å². The average molecular weight is 607 g/mol. The quantitative estimate of drug-likeness (QED) is 0.502. The minimum absolute atomic E-state index is 0.0171. The number of fused-ring (bicyclic) bond motifs is 1. The molecule has 2 N–H and O–H groups in total. The van der Waals surface area contributed by atoms with E-state index in [1.165, 1.54) is 4.90 Å². The first kappa shape index (κ1) is 33.4. The van der Waals surface area contributed by atoms with Crippen LogP contribution in [0.3, 0.4) is 0 Å². The summed E-state index contributed by atoms with van der Waals surface area (Å²) in [6.45, 7) is 4.16. The van der Waals surface area contributed by atoms with Gasteiger partial charge in [-0.3, -0.25) is 14.4 Å². The Morgan fingerprint density at radius 2 is 1.51 bits per heavy atom. The van der Waals surface area contributed by atoms with E-state index < -0.39 is 36.1 Å². The van der Waals surface area contributed by atoms with Gasteiger partial charge in [-0.05, 0) is 13.0 Å². The third kappa shape index (κ3) is 9.98. The Morgan fingerprint density at radius 3 is 1.95 bits per heavy atom. The van der Waals surface area contributed by atoms with Crippen LogP contribution in [0.4, 0.5) is 35.1 Å². The number of carboxylic acids is 2. The Labute approximate surface area is 226 Å². The van der Waals surface area contributed by atoms with Crippen LogP contribution in [0.25, 0.3) is 0 Å². The number of aryl methyl sites for hydroxylation is 2. The Balaban J connectivity index is 0.000000349. The van der Waals surface area contributed by atoms with E-state index in [-0.39, 0.29) is 31.8 Å². The lowest BCUT2D eigenvalue weighted by Gasteiger charge is -2.30. The number of carbonyl (C=O) groups is 3. The highest BCUT2D eigenvalue weighted by Gasteiger charge is 2.39. The summed E-state index contributed by atoms with van der Waals surface area (Å²) in [6, 6.07) is 2.05. The maximum atomic E-state index is 13.3. The Morgan fingerprint density at radius 1 is 1.00 bits per heavy atom. The average Bonchev–Trinajstić information content (AvgIpc) is 3.40. The summed E-state index contributed by atoms with van der Waals surface area (Å²) in [5, 5.41) is 18.6. The van der Waals surface area contributed by atoms with Crippen molar-refractivity contribution in [1.29, 1.82) is 0 Å². The van der Waals surface area contributed by atoms with Crippen LogP contribution < -0.4 is 0 Å². The summed E-state index contributed by atoms with van der Waals surface area (Å²) < 4.78 is 97.6. The third-order valence-corrected chi connectivity index (χ3v) is 5.74. The molecule has 0 atom stereocenters. The molecule has 4 heterocycles. The first-order valence-electron chi connectivity index (χ1n) is 11.7. The van der Waals surface area contributed by atoms with Gasteiger partial charge in [-0.25, -0.2) is 23.4 Å². The zero-order valence-corrected chi connectivity index (χ0v) is 21.5. The van der Waals surface area contributed by atoms with Gasteiger partial charge >= 0.3 is 30.2 Å². The van der Waals surface area contributed by atoms with Crippen molar-refractivity contribution in [3.8, 4) is 0 Å². The SMILES string of the molecule is Cc1cc(CN2CCc3oc(C(=O)N4CCC(F)(F)CC4)nc3C2)n(C)n1.O=C(O)C(F)(F)F.O=C(O)C(F)(F)F. The van der Waals surface area contributed by atoms with Gasteiger partial charge in [0.25, 0.3) is 11.8 Å². The van der Waals surface area contributed by atoms with Gasteiger partial charge in [0.15, 0.2) is 0 Å². The van der Waals surface area contributed by atoms with E-state index in [9.17, 15) is 39.9 Å². The molecule has 4 rings (SSSR count). The monoisotopic (exact) mass is 607 g/mol. The number of likely N-dealkylation sites (tertiary alicyclic amines) is 1. The molecule has 1 fully saturated rings. The van der Waals surface area contributed by atoms with Gasteiger partial charge in [0.2, 0.25) is 0 Å². The van der Waals surface area contributed by atoms with Gasteiger partial charge in [-0.2, -0.15) is 31.4 Å². The number of aromatic nitrogens is 3. The van der Waals surface area contributed by atoms with E-state index in [1.54, 1.807) is 0 Å². The molecular weight excluding hydrogens is 582 g/mol. The van der Waals surface area contributed by atoms with Crippen LogP contribution in [0.1, 0.15) is 46.4 Å². The zero-order valence-electron chi connectivity index (χ0n) is 21.5. The van der Waals surface area contributed by atoms with Crippen LogP contribution in [0.2, 0.25) is 0 Å². The standard InChI is InChI=1S/C18H23F2N5O2.2C2HF3O2/c1-12-9-13(23(2)22-12)10-24-6-3-15-14(11-24)21-16(27-15)17(26)25-7-4-18(19,20)5-8-25;2*3-2(4,5)1(6)7/h9H,3-8,10-11H2,1-2H3;2*(H,6,7). The van der Waals surface area contributed by atoms with Crippen LogP contribution in [0.5, 0.6) is 0 Å². The lowest BCUT2D eigenvalue weighted by molar-refractivity contribution is -0.193. The topological polar surface area (TPSA) is 142 Å². The molecule has 2 aliphatic rings. The molecule has 0 aromatic carbocycles. The summed E-state index contributed by atoms with van der Waals surface area (Å²) in [4.78, 5) is 38.4. The molecule has 0 unspecified atom stereocenters. The first-order valence-corrected chi connectivity index (χ1v) is 11.7. The molecule has 11 nitrogen and oxygen atoms in total. The largest absolute Gasteiger partial charge is 0.490 e. The molecule has 0 spiro atoms. The van der Waals surface area contributed by atoms with Crippen LogP contribution in [0.15, 0.2) is 10.5 Å². The molecule has 1 saturated heterocycles. The Hall–Kier alpha value is -3.77. The van der Waals surface area contributed by atoms with Gasteiger partial charge in [0.05, 0.1) is 17.1 Å². The molecule has 1 amide bonds. The fourth-order valence-electron chi connectivity index (χ4n) is 3.69. The van der Waals surface area contributed by atoms with Crippen molar-refractivity contribution in [3.05, 3.63) is 34.8 Å². The minimum Gasteiger partial charge on any atom is -0.475 e. The molecule has 2 aliphatic heterocycles. The molecule has 0 bridgehead atoms. The van der Waals surface area contributed by atoms with Crippen molar-refractivity contribution >= 4 is 17.8 Å². The second kappa shape index (κ2) is 12.8. The number of hydrogen-bond acceptors (Lipinski definition) is 7. The first-order chi connectivity index (χ1) is 18.7. The second-order valence-electron chi connectivity index (χ2n) is 9.00. The summed E-state index contributed by atoms with van der Waals surface area (Å²) in [5.74, 6) is -7.85. The van der Waals surface area contributed by atoms with Crippen molar-refractivity contribution in [2.75, 3.05) is 19.6 Å². The maximum Gasteiger partial charge on any atom is 0.490 e. The number of aliphatic carboxylic acids is 2. The number of alkyl halides is 8. The molecule has 41 heavy (non-hydrogen) atoms. The predicted octanol–water partition coefficient (Wildman–Crippen LogP) is 3.41. The van der Waals surface area contributed by atoms with Crippen molar-refractivity contribution < 1.29 is 64.1 Å². The Kier molecular flexibility index (Phi) is 10.5. The van der Waals surface area contributed by atoms with E-state index >= 15 is 0 Å². The lowest BCUT2D eigenvalue weighted by Crippen LogP contribution is -2.42. The predicted molar refractivity (Wildman–Crippen MR) is 120 cm³/mol. The Bertz CT molecular complexity index is 1210. The van der Waals surface area contributed by atoms with Gasteiger partial charge in [0, 0.05) is 59.0 Å². The van der Waals surface area contributed by atoms with E-state index in [1.807, 2.05) is 18.7 Å². The summed E-state index contributed by atoms with van der Waals surface area (Å²) >= 11 is 0. The number of rotatable bonds is 3. The second-order valence-corrected chi connectivity index (χ2v) is 9.00. The van der Waals surface area contributed by atoms with Gasteiger partial charge in [-0.15, -0.1) is 0 Å². The molecule has 2 aromatic rings. The minimum atomic E-state index is -5.08. The maximum absolute atomic E-state index is 13.3. The molecule has 2 aromatic heterocycles. The number of halogens is 8. The molecule has 0 saturated carbocycles. The number of amides is 1. The highest BCUT2D eigenvalue weighted by molar-refractivity contribution is 5.89. The number of hydrogen-bond donors (Lipinski definition) is 2. The normalized spacial score (nSPS) is 17.0. The van der Waals surface area contributed by atoms with Crippen LogP contribution in [0, 0.1) is 6.92 Å². The summed E-state index contributed by atoms with van der Waals surface area (Å²) in [7, 11) is 1.92. The van der Waals surface area contributed by atoms with Crippen molar-refractivity contribution in [2.24, 2.45) is 7.05 Å². The highest BCUT2D eigenvalue weighted by Crippen LogP contribution is 2.29. The fraction of sp³-hybridized carbons (Fsp3) is 0.591. The highest BCUT2D eigenvalue weighted by atomic mass is 19.4. The number of oxazole rings is 1. The number of nitrogens with zero attached hydrogens (tertiary/aromatic N) is 5. The van der Waals surface area contributed by atoms with E-state index in [0.717, 1.165) is 35.9 Å². The van der Waals surface area contributed by atoms with E-state index in [4.69, 9.17) is 24.2 Å². The smallest absolute Gasteiger partial charge is 0.475 e. The van der Waals surface area contributed by atoms with Crippen molar-refractivity contribution in [1.82, 2.24) is 24.6 Å². The van der Waals surface area contributed by atoms with Crippen LogP contribution in [-0.2, 0) is 36.1 Å². The summed E-state index contributed by atoms with van der Waals surface area (Å²) in [5.41, 5.74) is 2.85. The molecule has 0 radical (unpaired) electrons. The van der Waals surface area contributed by atoms with Gasteiger partial charge < -0.3 is 19.5 Å². The van der Waals surface area contributed by atoms with Crippen LogP contribution >= 0.6 is 0 Å². The number of carbonyl (C=O) groups excluding carboxylic acids is 1. The zero-order chi connectivity index (χ0) is 31.3. The fourth-order valence-corrected chi connectivity index (χ4v) is 3.69. The molecule has 0 aliphatic carbocycles. The van der Waals surface area contributed by atoms with Crippen LogP contribution in [-0.4, -0.2) is 90.5 Å². The third-order valence-electron chi connectivity index (χ3n) is 5.74. The van der Waals surface area contributed by atoms with Gasteiger partial charge in [0.1, 0.15) is 5.76 Å². The van der Waals surface area contributed by atoms with E-state index in [0.29, 0.717) is 13.0 Å². The molecular formula is C22H25F8N5O6. The van der Waals surface area contributed by atoms with Crippen molar-refractivity contribution in [3.63, 3.8) is 0 Å². The lowest BCUT2D eigenvalue weighted by atomic mass is 10.1. The number of carboxylic acid groups (broad SMARTS) is 2. The molecule has 19 heteroatoms.